The van der Waals surface area contributed by atoms with Crippen LogP contribution in [0.1, 0.15) is 20.8 Å². The molecule has 0 aliphatic heterocycles. The quantitative estimate of drug-likeness (QED) is 0.157. The Morgan fingerprint density at radius 1 is 0.821 bits per heavy atom. The molecule has 0 atom stereocenters. The molecule has 0 spiro atoms. The first-order chi connectivity index (χ1) is 12.6. The van der Waals surface area contributed by atoms with Crippen LogP contribution < -0.4 is 0 Å². The molecule has 6 nitrogen and oxygen atoms in total. The number of hydrogen-bond donors (Lipinski definition) is 0. The van der Waals surface area contributed by atoms with Crippen LogP contribution in [0.15, 0.2) is 49.7 Å². The average Bonchev–Trinajstić information content (AvgIpc) is 2.48. The van der Waals surface area contributed by atoms with Gasteiger partial charge in [0, 0.05) is 6.08 Å². The van der Waals surface area contributed by atoms with Crippen molar-refractivity contribution < 1.29 is 26.9 Å². The first-order valence-electron chi connectivity index (χ1n) is 9.15. The van der Waals surface area contributed by atoms with Gasteiger partial charge in [0.05, 0.1) is 23.3 Å². The smallest absolute Gasteiger partial charge is 0.488 e. The van der Waals surface area contributed by atoms with Gasteiger partial charge in [0.1, 0.15) is 6.23 Å². The predicted octanol–water partition coefficient (Wildman–Crippen LogP) is 5.27. The fourth-order valence-electron chi connectivity index (χ4n) is 2.60. The number of carbonyl (C=O) groups is 1. The molecule has 0 radical (unpaired) electrons. The Morgan fingerprint density at radius 2 is 1.25 bits per heavy atom. The summed E-state index contributed by atoms with van der Waals surface area (Å²) in [5.74, 6) is 1.11. The van der Waals surface area contributed by atoms with Crippen molar-refractivity contribution in [2.24, 2.45) is 0 Å². The van der Waals surface area contributed by atoms with Gasteiger partial charge in [-0.05, 0) is 53.0 Å². The zero-order valence-electron chi connectivity index (χ0n) is 18.5. The number of carbonyl (C=O) groups excluding carboxylic acids is 1. The fourth-order valence-corrected chi connectivity index (χ4v) is 15.4. The molecular formula is C19H36O6Si3. The Balaban J connectivity index is 5.29. The number of ether oxygens (including phenoxy) is 1. The lowest BCUT2D eigenvalue weighted by molar-refractivity contribution is -0.136. The lowest BCUT2D eigenvalue weighted by Gasteiger charge is -2.36. The summed E-state index contributed by atoms with van der Waals surface area (Å²) >= 11 is 0. The van der Waals surface area contributed by atoms with E-state index in [4.69, 9.17) is 22.1 Å². The number of rotatable bonds is 14. The highest BCUT2D eigenvalue weighted by Gasteiger charge is 2.50. The number of esters is 1. The SMILES string of the molecule is C=CC(=O)OC[Si](C)(C)O[Si](C)(C)CC[Si](OC(=C)C)(OC(=C)C)OC(=C)C. The molecule has 0 saturated carbocycles. The first-order valence-corrected chi connectivity index (χ1v) is 17.3. The molecule has 0 aliphatic carbocycles. The van der Waals surface area contributed by atoms with Crippen LogP contribution in [-0.4, -0.2) is 37.6 Å². The summed E-state index contributed by atoms with van der Waals surface area (Å²) in [5.41, 5.74) is 0. The van der Waals surface area contributed by atoms with Crippen molar-refractivity contribution in [3.8, 4) is 0 Å². The van der Waals surface area contributed by atoms with Crippen LogP contribution >= 0.6 is 0 Å². The van der Waals surface area contributed by atoms with Gasteiger partial charge in [0.15, 0.2) is 8.32 Å². The second-order valence-electron chi connectivity index (χ2n) is 8.03. The summed E-state index contributed by atoms with van der Waals surface area (Å²) in [6.07, 6.45) is 1.44. The van der Waals surface area contributed by atoms with Crippen molar-refractivity contribution in [3.05, 3.63) is 49.7 Å². The van der Waals surface area contributed by atoms with E-state index in [0.717, 1.165) is 12.1 Å². The molecule has 0 fully saturated rings. The molecule has 160 valence electrons. The maximum atomic E-state index is 11.4. The van der Waals surface area contributed by atoms with Gasteiger partial charge in [0.25, 0.3) is 0 Å². The van der Waals surface area contributed by atoms with E-state index in [-0.39, 0.29) is 6.23 Å². The molecule has 0 N–H and O–H groups in total. The number of allylic oxidation sites excluding steroid dienone is 3. The Labute approximate surface area is 173 Å². The zero-order chi connectivity index (χ0) is 22.2. The van der Waals surface area contributed by atoms with E-state index in [2.05, 4.69) is 39.4 Å². The minimum absolute atomic E-state index is 0.281. The summed E-state index contributed by atoms with van der Waals surface area (Å²) in [5, 5.41) is 0. The standard InChI is InChI=1S/C19H36O6Si3/c1-12-19(20)21-15-27(10,11)25-26(8,9)13-14-28(22-16(2)3,23-17(4)5)24-18(6)7/h12H,1-2,4,6,13-15H2,3,5,7-11H3. The molecule has 0 unspecified atom stereocenters. The molecule has 0 bridgehead atoms. The molecule has 0 aromatic carbocycles. The molecule has 0 aliphatic rings. The van der Waals surface area contributed by atoms with Crippen molar-refractivity contribution in [2.75, 3.05) is 6.23 Å². The van der Waals surface area contributed by atoms with Crippen molar-refractivity contribution in [3.63, 3.8) is 0 Å². The Bertz CT molecular complexity index is 572. The van der Waals surface area contributed by atoms with E-state index in [1.165, 1.54) is 0 Å². The highest BCUT2D eigenvalue weighted by Crippen LogP contribution is 2.30. The summed E-state index contributed by atoms with van der Waals surface area (Å²) in [6, 6.07) is 1.27. The Kier molecular flexibility index (Phi) is 10.2. The molecule has 9 heteroatoms. The zero-order valence-corrected chi connectivity index (χ0v) is 21.5. The second-order valence-corrected chi connectivity index (χ2v) is 19.2. The van der Waals surface area contributed by atoms with Gasteiger partial charge in [-0.25, -0.2) is 4.79 Å². The van der Waals surface area contributed by atoms with Crippen molar-refractivity contribution in [1.82, 2.24) is 0 Å². The summed E-state index contributed by atoms with van der Waals surface area (Å²) in [6.45, 7) is 28.5. The summed E-state index contributed by atoms with van der Waals surface area (Å²) in [7, 11) is -7.47. The monoisotopic (exact) mass is 444 g/mol. The van der Waals surface area contributed by atoms with Crippen molar-refractivity contribution >= 4 is 31.4 Å². The highest BCUT2D eigenvalue weighted by molar-refractivity contribution is 6.85. The van der Waals surface area contributed by atoms with E-state index in [1.807, 2.05) is 13.1 Å². The topological polar surface area (TPSA) is 63.2 Å². The minimum Gasteiger partial charge on any atom is -0.488 e. The summed E-state index contributed by atoms with van der Waals surface area (Å²) in [4.78, 5) is 11.4. The van der Waals surface area contributed by atoms with Gasteiger partial charge in [-0.2, -0.15) is 0 Å². The van der Waals surface area contributed by atoms with Gasteiger partial charge in [-0.3, -0.25) is 0 Å². The molecule has 0 amide bonds. The van der Waals surface area contributed by atoms with Crippen LogP contribution in [0, 0.1) is 0 Å². The van der Waals surface area contributed by atoms with Gasteiger partial charge < -0.3 is 22.1 Å². The molecule has 0 aromatic rings. The third-order valence-electron chi connectivity index (χ3n) is 3.30. The molecule has 0 aromatic heterocycles. The third-order valence-corrected chi connectivity index (χ3v) is 13.4. The first kappa shape index (κ1) is 26.4. The van der Waals surface area contributed by atoms with Crippen LogP contribution in [0.5, 0.6) is 0 Å². The van der Waals surface area contributed by atoms with Gasteiger partial charge >= 0.3 is 14.8 Å². The van der Waals surface area contributed by atoms with E-state index in [1.54, 1.807) is 20.8 Å². The van der Waals surface area contributed by atoms with E-state index < -0.39 is 31.4 Å². The van der Waals surface area contributed by atoms with Crippen LogP contribution in [0.2, 0.25) is 38.3 Å². The normalized spacial score (nSPS) is 12.0. The third kappa shape index (κ3) is 11.3. The average molecular weight is 445 g/mol. The lowest BCUT2D eigenvalue weighted by atomic mass is 10.7. The lowest BCUT2D eigenvalue weighted by Crippen LogP contribution is -2.50. The van der Waals surface area contributed by atoms with Crippen LogP contribution in [0.4, 0.5) is 0 Å². The van der Waals surface area contributed by atoms with Crippen LogP contribution in [0.25, 0.3) is 0 Å². The maximum Gasteiger partial charge on any atom is 0.698 e. The van der Waals surface area contributed by atoms with Gasteiger partial charge in [-0.1, -0.05) is 26.3 Å². The second kappa shape index (κ2) is 10.8. The maximum absolute atomic E-state index is 11.4. The minimum atomic E-state index is -3.14. The Morgan fingerprint density at radius 3 is 1.61 bits per heavy atom. The molecule has 28 heavy (non-hydrogen) atoms. The highest BCUT2D eigenvalue weighted by atomic mass is 28.4. The van der Waals surface area contributed by atoms with Crippen LogP contribution in [0.3, 0.4) is 0 Å². The van der Waals surface area contributed by atoms with E-state index in [0.29, 0.717) is 23.3 Å². The molecule has 0 rings (SSSR count). The Hall–Kier alpha value is -1.56. The van der Waals surface area contributed by atoms with E-state index in [9.17, 15) is 4.79 Å². The molecule has 0 heterocycles. The van der Waals surface area contributed by atoms with E-state index >= 15 is 0 Å². The molecule has 0 saturated heterocycles. The van der Waals surface area contributed by atoms with Crippen LogP contribution in [-0.2, 0) is 26.9 Å². The van der Waals surface area contributed by atoms with Crippen molar-refractivity contribution in [2.45, 2.75) is 59.0 Å². The fraction of sp³-hybridized carbons (Fsp3) is 0.526. The van der Waals surface area contributed by atoms with Gasteiger partial charge in [-0.15, -0.1) is 0 Å². The largest absolute Gasteiger partial charge is 0.698 e. The predicted molar refractivity (Wildman–Crippen MR) is 120 cm³/mol. The molecular weight excluding hydrogens is 408 g/mol. The van der Waals surface area contributed by atoms with Gasteiger partial charge in [0.2, 0.25) is 8.32 Å². The number of hydrogen-bond acceptors (Lipinski definition) is 6. The summed E-state index contributed by atoms with van der Waals surface area (Å²) < 4.78 is 29.6. The van der Waals surface area contributed by atoms with Crippen molar-refractivity contribution in [1.29, 1.82) is 0 Å².